The molecular formula is C23H18BrNO6. The maximum atomic E-state index is 12.5. The summed E-state index contributed by atoms with van der Waals surface area (Å²) in [5.74, 6) is -1.44. The molecule has 1 amide bonds. The zero-order chi connectivity index (χ0) is 22.1. The second-order valence-electron chi connectivity index (χ2n) is 7.16. The Bertz CT molecular complexity index is 1370. The van der Waals surface area contributed by atoms with Crippen LogP contribution in [0.25, 0.3) is 33.1 Å². The van der Waals surface area contributed by atoms with Crippen LogP contribution in [0.3, 0.4) is 0 Å². The van der Waals surface area contributed by atoms with E-state index in [1.165, 1.54) is 0 Å². The summed E-state index contributed by atoms with van der Waals surface area (Å²) in [4.78, 5) is 35.3. The topological polar surface area (TPSA) is 110 Å². The van der Waals surface area contributed by atoms with Gasteiger partial charge in [-0.25, -0.2) is 4.79 Å². The van der Waals surface area contributed by atoms with Crippen LogP contribution >= 0.6 is 15.9 Å². The van der Waals surface area contributed by atoms with E-state index in [2.05, 4.69) is 21.2 Å². The fraction of sp³-hybridized carbons (Fsp3) is 0.174. The van der Waals surface area contributed by atoms with Gasteiger partial charge in [0.05, 0.1) is 24.7 Å². The number of aryl methyl sites for hydroxylation is 1. The highest BCUT2D eigenvalue weighted by molar-refractivity contribution is 9.10. The third-order valence-corrected chi connectivity index (χ3v) is 5.66. The van der Waals surface area contributed by atoms with Crippen molar-refractivity contribution < 1.29 is 23.5 Å². The number of nitrogens with one attached hydrogen (secondary N) is 1. The fourth-order valence-electron chi connectivity index (χ4n) is 3.50. The molecule has 0 aliphatic carbocycles. The molecule has 2 heterocycles. The molecule has 0 saturated carbocycles. The third kappa shape index (κ3) is 4.25. The molecule has 0 spiro atoms. The lowest BCUT2D eigenvalue weighted by atomic mass is 9.99. The summed E-state index contributed by atoms with van der Waals surface area (Å²) >= 11 is 3.43. The van der Waals surface area contributed by atoms with Gasteiger partial charge in [0.1, 0.15) is 11.2 Å². The van der Waals surface area contributed by atoms with Crippen molar-refractivity contribution in [2.75, 3.05) is 6.54 Å². The Morgan fingerprint density at radius 3 is 2.55 bits per heavy atom. The molecule has 0 saturated heterocycles. The number of furan rings is 1. The number of carbonyl (C=O) groups is 2. The molecule has 0 atom stereocenters. The molecule has 158 valence electrons. The largest absolute Gasteiger partial charge is 0.481 e. The van der Waals surface area contributed by atoms with E-state index < -0.39 is 17.5 Å². The predicted octanol–water partition coefficient (Wildman–Crippen LogP) is 4.41. The summed E-state index contributed by atoms with van der Waals surface area (Å²) in [6, 6.07) is 11.4. The first-order chi connectivity index (χ1) is 14.8. The first kappa shape index (κ1) is 20.9. The number of aliphatic carboxylic acids is 1. The number of rotatable bonds is 6. The van der Waals surface area contributed by atoms with E-state index in [9.17, 15) is 14.4 Å². The molecule has 0 unspecified atom stereocenters. The highest BCUT2D eigenvalue weighted by atomic mass is 79.9. The normalized spacial score (nSPS) is 11.2. The Morgan fingerprint density at radius 2 is 1.84 bits per heavy atom. The van der Waals surface area contributed by atoms with Crippen LogP contribution in [0.15, 0.2) is 60.8 Å². The van der Waals surface area contributed by atoms with Gasteiger partial charge in [-0.2, -0.15) is 0 Å². The zero-order valence-corrected chi connectivity index (χ0v) is 18.1. The average Bonchev–Trinajstić information content (AvgIpc) is 3.13. The minimum Gasteiger partial charge on any atom is -0.481 e. The monoisotopic (exact) mass is 483 g/mol. The van der Waals surface area contributed by atoms with Crippen molar-refractivity contribution in [2.45, 2.75) is 19.8 Å². The Hall–Kier alpha value is -3.39. The zero-order valence-electron chi connectivity index (χ0n) is 16.5. The lowest BCUT2D eigenvalue weighted by molar-refractivity contribution is -0.136. The van der Waals surface area contributed by atoms with Crippen molar-refractivity contribution in [3.63, 3.8) is 0 Å². The third-order valence-electron chi connectivity index (χ3n) is 5.14. The number of amides is 1. The molecule has 2 N–H and O–H groups in total. The van der Waals surface area contributed by atoms with Crippen LogP contribution in [0.2, 0.25) is 0 Å². The van der Waals surface area contributed by atoms with E-state index in [1.807, 2.05) is 30.3 Å². The molecule has 0 aliphatic rings. The van der Waals surface area contributed by atoms with Crippen LogP contribution in [0.4, 0.5) is 0 Å². The fourth-order valence-corrected chi connectivity index (χ4v) is 3.76. The summed E-state index contributed by atoms with van der Waals surface area (Å²) in [6.07, 6.45) is 1.29. The van der Waals surface area contributed by atoms with E-state index in [-0.39, 0.29) is 24.9 Å². The number of carboxylic acid groups (broad SMARTS) is 1. The second kappa shape index (κ2) is 8.39. The predicted molar refractivity (Wildman–Crippen MR) is 119 cm³/mol. The van der Waals surface area contributed by atoms with Crippen LogP contribution in [0, 0.1) is 6.92 Å². The first-order valence-corrected chi connectivity index (χ1v) is 10.3. The van der Waals surface area contributed by atoms with Gasteiger partial charge in [-0.05, 0) is 36.2 Å². The molecular weight excluding hydrogens is 466 g/mol. The summed E-state index contributed by atoms with van der Waals surface area (Å²) in [6.45, 7) is 1.77. The van der Waals surface area contributed by atoms with Crippen molar-refractivity contribution >= 4 is 49.7 Å². The molecule has 31 heavy (non-hydrogen) atoms. The van der Waals surface area contributed by atoms with Gasteiger partial charge < -0.3 is 19.3 Å². The number of halogens is 1. The van der Waals surface area contributed by atoms with Crippen LogP contribution < -0.4 is 10.9 Å². The maximum absolute atomic E-state index is 12.5. The van der Waals surface area contributed by atoms with Gasteiger partial charge in [0.2, 0.25) is 5.91 Å². The van der Waals surface area contributed by atoms with Crippen LogP contribution in [0.1, 0.15) is 17.5 Å². The number of benzene rings is 2. The molecule has 7 nitrogen and oxygen atoms in total. The Balaban J connectivity index is 1.74. The molecule has 4 aromatic rings. The van der Waals surface area contributed by atoms with Gasteiger partial charge in [-0.15, -0.1) is 0 Å². The van der Waals surface area contributed by atoms with Crippen molar-refractivity contribution in [3.8, 4) is 11.1 Å². The molecule has 2 aromatic heterocycles. The highest BCUT2D eigenvalue weighted by Crippen LogP contribution is 2.35. The molecule has 2 aromatic carbocycles. The lowest BCUT2D eigenvalue weighted by Crippen LogP contribution is -2.29. The number of hydrogen-bond donors (Lipinski definition) is 2. The van der Waals surface area contributed by atoms with Crippen LogP contribution in [-0.2, 0) is 16.0 Å². The minimum absolute atomic E-state index is 0.00167. The summed E-state index contributed by atoms with van der Waals surface area (Å²) in [5, 5.41) is 12.8. The average molecular weight is 484 g/mol. The van der Waals surface area contributed by atoms with Gasteiger partial charge in [0.15, 0.2) is 0 Å². The number of hydrogen-bond acceptors (Lipinski definition) is 5. The van der Waals surface area contributed by atoms with Crippen molar-refractivity contribution in [1.82, 2.24) is 5.32 Å². The molecule has 0 bridgehead atoms. The Kier molecular flexibility index (Phi) is 5.65. The van der Waals surface area contributed by atoms with Gasteiger partial charge in [0.25, 0.3) is 0 Å². The summed E-state index contributed by atoms with van der Waals surface area (Å²) < 4.78 is 12.1. The van der Waals surface area contributed by atoms with E-state index >= 15 is 0 Å². The van der Waals surface area contributed by atoms with Gasteiger partial charge in [-0.3, -0.25) is 9.59 Å². The van der Waals surface area contributed by atoms with Gasteiger partial charge in [0, 0.05) is 33.4 Å². The number of carbonyl (C=O) groups excluding carboxylic acids is 1. The SMILES string of the molecule is Cc1c(CC(=O)NCCC(=O)O)c(=O)oc2cc3occ(-c4ccc(Br)cc4)c3cc12. The first-order valence-electron chi connectivity index (χ1n) is 9.55. The standard InChI is InChI=1S/C23H18BrNO6/c1-12-15-8-17-18(13-2-4-14(24)5-3-13)11-30-19(17)10-20(15)31-23(29)16(12)9-21(26)25-7-6-22(27)28/h2-5,8,10-11H,6-7,9H2,1H3,(H,25,26)(H,27,28). The van der Waals surface area contributed by atoms with Crippen LogP contribution in [-0.4, -0.2) is 23.5 Å². The molecule has 8 heteroatoms. The summed E-state index contributed by atoms with van der Waals surface area (Å²) in [5.41, 5.74) is 3.14. The number of fused-ring (bicyclic) bond motifs is 2. The molecule has 4 rings (SSSR count). The molecule has 0 fully saturated rings. The second-order valence-corrected chi connectivity index (χ2v) is 8.08. The van der Waals surface area contributed by atoms with Gasteiger partial charge in [-0.1, -0.05) is 28.1 Å². The van der Waals surface area contributed by atoms with Crippen molar-refractivity contribution in [1.29, 1.82) is 0 Å². The number of carboxylic acids is 1. The smallest absolute Gasteiger partial charge is 0.340 e. The van der Waals surface area contributed by atoms with Crippen molar-refractivity contribution in [3.05, 3.63) is 68.7 Å². The van der Waals surface area contributed by atoms with E-state index in [0.29, 0.717) is 22.1 Å². The maximum Gasteiger partial charge on any atom is 0.340 e. The lowest BCUT2D eigenvalue weighted by Gasteiger charge is -2.09. The van der Waals surface area contributed by atoms with E-state index in [4.69, 9.17) is 13.9 Å². The minimum atomic E-state index is -1.01. The van der Waals surface area contributed by atoms with Crippen molar-refractivity contribution in [2.24, 2.45) is 0 Å². The summed E-state index contributed by atoms with van der Waals surface area (Å²) in [7, 11) is 0. The highest BCUT2D eigenvalue weighted by Gasteiger charge is 2.18. The molecule has 0 radical (unpaired) electrons. The van der Waals surface area contributed by atoms with Gasteiger partial charge >= 0.3 is 11.6 Å². The Labute approximate surface area is 184 Å². The Morgan fingerprint density at radius 1 is 1.10 bits per heavy atom. The quantitative estimate of drug-likeness (QED) is 0.393. The van der Waals surface area contributed by atoms with Crippen LogP contribution in [0.5, 0.6) is 0 Å². The van der Waals surface area contributed by atoms with E-state index in [1.54, 1.807) is 19.3 Å². The van der Waals surface area contributed by atoms with E-state index in [0.717, 1.165) is 21.0 Å². The molecule has 0 aliphatic heterocycles.